The molecule has 10 nitrogen and oxygen atoms in total. The highest BCUT2D eigenvalue weighted by Gasteiger charge is 2.30. The molecule has 0 saturated heterocycles. The van der Waals surface area contributed by atoms with Gasteiger partial charge in [0.2, 0.25) is 0 Å². The lowest BCUT2D eigenvalue weighted by molar-refractivity contribution is 0.238. The number of guanidine groups is 1. The quantitative estimate of drug-likeness (QED) is 0.149. The number of H-pyrrole nitrogens is 2. The van der Waals surface area contributed by atoms with Crippen molar-refractivity contribution in [3.05, 3.63) is 35.4 Å². The van der Waals surface area contributed by atoms with E-state index in [0.29, 0.717) is 18.1 Å². The van der Waals surface area contributed by atoms with E-state index in [1.165, 1.54) is 4.67 Å². The van der Waals surface area contributed by atoms with Crippen molar-refractivity contribution in [3.63, 3.8) is 0 Å². The average molecular weight is 476 g/mol. The number of aromatic nitrogens is 4. The molecule has 1 unspecified atom stereocenters. The third kappa shape index (κ3) is 7.66. The van der Waals surface area contributed by atoms with E-state index in [1.807, 2.05) is 13.8 Å². The van der Waals surface area contributed by atoms with E-state index in [1.54, 1.807) is 43.1 Å². The number of nitrogens with zero attached hydrogens (tertiary/aromatic N) is 4. The van der Waals surface area contributed by atoms with Gasteiger partial charge in [-0.25, -0.2) is 19.2 Å². The van der Waals surface area contributed by atoms with Crippen LogP contribution in [0.15, 0.2) is 17.6 Å². The summed E-state index contributed by atoms with van der Waals surface area (Å²) in [6.45, 7) is 6.39. The molecule has 30 heavy (non-hydrogen) atoms. The van der Waals surface area contributed by atoms with Gasteiger partial charge >= 0.3 is 7.75 Å². The van der Waals surface area contributed by atoms with Crippen molar-refractivity contribution < 1.29 is 14.0 Å². The number of aromatic amines is 2. The van der Waals surface area contributed by atoms with Gasteiger partial charge in [0.15, 0.2) is 5.96 Å². The molecule has 2 aromatic rings. The van der Waals surface area contributed by atoms with E-state index >= 15 is 0 Å². The lowest BCUT2D eigenvalue weighted by atomic mass is 10.4. The van der Waals surface area contributed by atoms with Gasteiger partial charge in [-0.05, 0) is 20.8 Å². The predicted molar refractivity (Wildman–Crippen MR) is 124 cm³/mol. The van der Waals surface area contributed by atoms with Gasteiger partial charge in [0.25, 0.3) is 0 Å². The van der Waals surface area contributed by atoms with Crippen molar-refractivity contribution in [3.8, 4) is 0 Å². The van der Waals surface area contributed by atoms with E-state index < -0.39 is 7.75 Å². The van der Waals surface area contributed by atoms with Crippen molar-refractivity contribution in [1.29, 1.82) is 0 Å². The molecule has 13 heteroatoms. The minimum absolute atomic E-state index is 0.0161. The molecule has 0 aliphatic heterocycles. The zero-order valence-electron chi connectivity index (χ0n) is 17.5. The molecular formula is C17H30N7O3PS2. The van der Waals surface area contributed by atoms with Crippen molar-refractivity contribution in [2.24, 2.45) is 10.7 Å². The summed E-state index contributed by atoms with van der Waals surface area (Å²) in [6.07, 6.45) is 3.34. The molecule has 2 rings (SSSR count). The Morgan fingerprint density at radius 3 is 2.27 bits per heavy atom. The summed E-state index contributed by atoms with van der Waals surface area (Å²) >= 11 is 3.28. The molecule has 0 saturated carbocycles. The number of nitrogens with two attached hydrogens (primary N) is 1. The fourth-order valence-corrected chi connectivity index (χ4v) is 5.54. The first-order chi connectivity index (χ1) is 14.3. The molecule has 0 aliphatic rings. The highest BCUT2D eigenvalue weighted by atomic mass is 32.2. The summed E-state index contributed by atoms with van der Waals surface area (Å²) in [5, 5.41) is 0. The highest BCUT2D eigenvalue weighted by molar-refractivity contribution is 7.98. The number of thioether (sulfide) groups is 2. The summed E-state index contributed by atoms with van der Waals surface area (Å²) in [5.74, 6) is 2.79. The summed E-state index contributed by atoms with van der Waals surface area (Å²) in [5.41, 5.74) is 10.1. The van der Waals surface area contributed by atoms with Crippen LogP contribution in [0.2, 0.25) is 0 Å². The molecule has 0 aromatic carbocycles. The van der Waals surface area contributed by atoms with Crippen molar-refractivity contribution in [2.45, 2.75) is 32.3 Å². The third-order valence-corrected chi connectivity index (χ3v) is 7.68. The normalized spacial score (nSPS) is 14.1. The fraction of sp³-hybridized carbons (Fsp3) is 0.588. The fourth-order valence-electron chi connectivity index (χ4n) is 2.47. The van der Waals surface area contributed by atoms with Gasteiger partial charge < -0.3 is 20.6 Å². The van der Waals surface area contributed by atoms with Gasteiger partial charge in [-0.3, -0.25) is 9.52 Å². The second-order valence-corrected chi connectivity index (χ2v) is 10.3. The van der Waals surface area contributed by atoms with Gasteiger partial charge in [-0.1, -0.05) is 0 Å². The highest BCUT2D eigenvalue weighted by Crippen LogP contribution is 2.46. The summed E-state index contributed by atoms with van der Waals surface area (Å²) in [4.78, 5) is 29.2. The Morgan fingerprint density at radius 1 is 1.20 bits per heavy atom. The Hall–Kier alpha value is -1.46. The molecule has 0 amide bonds. The Morgan fingerprint density at radius 2 is 1.77 bits per heavy atom. The van der Waals surface area contributed by atoms with Gasteiger partial charge in [-0.2, -0.15) is 23.5 Å². The maximum Gasteiger partial charge on any atom is 0.435 e. The van der Waals surface area contributed by atoms with Crippen LogP contribution in [0.1, 0.15) is 29.7 Å². The topological polar surface area (TPSA) is 146 Å². The van der Waals surface area contributed by atoms with Gasteiger partial charge in [0, 0.05) is 40.9 Å². The standard InChI is InChI=1S/C17H30N7O3PS2/c1-4-27-28(25,26)24(6-8-30-10-16-14(3)21-12-23-16)17(18)19-5-7-29-9-15-13(2)20-11-22-15/h11-12H,4-10H2,1-3H3,(H2,18,19)(H,20,22)(H,21,23)(H,25,26). The number of hydrogen-bond acceptors (Lipinski definition) is 7. The number of imidazole rings is 2. The third-order valence-electron chi connectivity index (χ3n) is 4.17. The maximum atomic E-state index is 12.6. The van der Waals surface area contributed by atoms with E-state index in [4.69, 9.17) is 10.3 Å². The molecule has 168 valence electrons. The lowest BCUT2D eigenvalue weighted by Crippen LogP contribution is -2.37. The molecule has 2 aromatic heterocycles. The monoisotopic (exact) mass is 475 g/mol. The molecule has 0 radical (unpaired) electrons. The Balaban J connectivity index is 1.85. The Bertz CT molecular complexity index is 858. The first-order valence-corrected chi connectivity index (χ1v) is 13.4. The molecule has 2 heterocycles. The Labute approximate surface area is 185 Å². The van der Waals surface area contributed by atoms with Crippen molar-refractivity contribution >= 4 is 37.2 Å². The van der Waals surface area contributed by atoms with Crippen LogP contribution in [0.3, 0.4) is 0 Å². The SMILES string of the molecule is CCOP(=O)(O)N(CCSCc1nc[nH]c1C)C(N)=NCCSCc1nc[nH]c1C. The molecule has 1 atom stereocenters. The van der Waals surface area contributed by atoms with Crippen LogP contribution in [0.4, 0.5) is 0 Å². The number of nitrogens with one attached hydrogen (secondary N) is 2. The number of aliphatic imine (C=N–C) groups is 1. The van der Waals surface area contributed by atoms with E-state index in [-0.39, 0.29) is 19.1 Å². The van der Waals surface area contributed by atoms with Crippen LogP contribution in [-0.2, 0) is 20.6 Å². The summed E-state index contributed by atoms with van der Waals surface area (Å²) < 4.78 is 18.8. The van der Waals surface area contributed by atoms with Crippen molar-refractivity contribution in [2.75, 3.05) is 31.2 Å². The second kappa shape index (κ2) is 12.4. The number of hydrogen-bond donors (Lipinski definition) is 4. The predicted octanol–water partition coefficient (Wildman–Crippen LogP) is 2.67. The number of aryl methyl sites for hydroxylation is 2. The zero-order chi connectivity index (χ0) is 22.0. The molecule has 0 spiro atoms. The van der Waals surface area contributed by atoms with Gasteiger partial charge in [0.05, 0.1) is 37.2 Å². The summed E-state index contributed by atoms with van der Waals surface area (Å²) in [7, 11) is -4.05. The van der Waals surface area contributed by atoms with Crippen LogP contribution in [0.25, 0.3) is 0 Å². The van der Waals surface area contributed by atoms with E-state index in [0.717, 1.165) is 34.3 Å². The van der Waals surface area contributed by atoms with Gasteiger partial charge in [0.1, 0.15) is 0 Å². The summed E-state index contributed by atoms with van der Waals surface area (Å²) in [6, 6.07) is 0. The van der Waals surface area contributed by atoms with Crippen LogP contribution in [0, 0.1) is 13.8 Å². The first-order valence-electron chi connectivity index (χ1n) is 9.53. The van der Waals surface area contributed by atoms with E-state index in [9.17, 15) is 9.46 Å². The van der Waals surface area contributed by atoms with Crippen molar-refractivity contribution in [1.82, 2.24) is 24.6 Å². The molecule has 0 bridgehead atoms. The lowest BCUT2D eigenvalue weighted by Gasteiger charge is -2.27. The van der Waals surface area contributed by atoms with Crippen LogP contribution < -0.4 is 5.73 Å². The largest absolute Gasteiger partial charge is 0.435 e. The maximum absolute atomic E-state index is 12.6. The average Bonchev–Trinajstić information content (AvgIpc) is 3.29. The molecular weight excluding hydrogens is 445 g/mol. The number of rotatable bonds is 13. The van der Waals surface area contributed by atoms with Crippen LogP contribution in [0.5, 0.6) is 0 Å². The smallest absolute Gasteiger partial charge is 0.369 e. The molecule has 0 aliphatic carbocycles. The minimum atomic E-state index is -4.05. The van der Waals surface area contributed by atoms with Crippen LogP contribution in [-0.4, -0.2) is 66.7 Å². The minimum Gasteiger partial charge on any atom is -0.369 e. The van der Waals surface area contributed by atoms with Gasteiger partial charge in [-0.15, -0.1) is 0 Å². The van der Waals surface area contributed by atoms with Crippen LogP contribution >= 0.6 is 31.3 Å². The molecule has 5 N–H and O–H groups in total. The zero-order valence-corrected chi connectivity index (χ0v) is 20.0. The first kappa shape index (κ1) is 24.8. The Kier molecular flexibility index (Phi) is 10.3. The second-order valence-electron chi connectivity index (χ2n) is 6.33. The molecule has 0 fully saturated rings. The van der Waals surface area contributed by atoms with E-state index in [2.05, 4.69) is 24.9 Å².